The molecule has 0 spiro atoms. The normalized spacial score (nSPS) is 12.0. The monoisotopic (exact) mass is 538 g/mol. The van der Waals surface area contributed by atoms with Crippen LogP contribution < -0.4 is 14.2 Å². The van der Waals surface area contributed by atoms with Gasteiger partial charge in [-0.25, -0.2) is 0 Å². The van der Waals surface area contributed by atoms with E-state index in [1.54, 1.807) is 33.5 Å². The molecule has 4 heteroatoms. The zero-order valence-electron chi connectivity index (χ0n) is 23.5. The lowest BCUT2D eigenvalue weighted by Crippen LogP contribution is -2.03. The summed E-state index contributed by atoms with van der Waals surface area (Å²) in [6.07, 6.45) is 6.96. The van der Waals surface area contributed by atoms with Crippen LogP contribution in [0.4, 0.5) is 0 Å². The van der Waals surface area contributed by atoms with Gasteiger partial charge in [-0.05, 0) is 101 Å². The van der Waals surface area contributed by atoms with Crippen LogP contribution in [0.5, 0.6) is 17.2 Å². The maximum Gasteiger partial charge on any atom is 0.178 e. The van der Waals surface area contributed by atoms with Crippen molar-refractivity contribution in [2.45, 2.75) is 6.92 Å². The van der Waals surface area contributed by atoms with Crippen molar-refractivity contribution in [1.29, 1.82) is 0 Å². The van der Waals surface area contributed by atoms with Gasteiger partial charge >= 0.3 is 0 Å². The summed E-state index contributed by atoms with van der Waals surface area (Å²) in [5, 5.41) is 0. The van der Waals surface area contributed by atoms with E-state index in [1.165, 1.54) is 0 Å². The van der Waals surface area contributed by atoms with Crippen LogP contribution >= 0.6 is 0 Å². The third-order valence-corrected chi connectivity index (χ3v) is 7.01. The molecule has 4 aromatic carbocycles. The van der Waals surface area contributed by atoms with Crippen molar-refractivity contribution in [3.63, 3.8) is 0 Å². The van der Waals surface area contributed by atoms with E-state index < -0.39 is 0 Å². The second-order valence-corrected chi connectivity index (χ2v) is 9.51. The minimum absolute atomic E-state index is 0.0398. The molecule has 4 nitrogen and oxygen atoms in total. The highest BCUT2D eigenvalue weighted by Gasteiger charge is 2.21. The Morgan fingerprint density at radius 1 is 0.610 bits per heavy atom. The number of aryl methyl sites for hydroxylation is 1. The fraction of sp³-hybridized carbons (Fsp3) is 0.108. The summed E-state index contributed by atoms with van der Waals surface area (Å²) in [6, 6.07) is 28.0. The van der Waals surface area contributed by atoms with E-state index in [2.05, 4.69) is 43.0 Å². The Morgan fingerprint density at radius 3 is 1.71 bits per heavy atom. The SMILES string of the molecule is COc1ccc(C#Cc2c(C)ccc(-c3ccc(OC)cc3)c2C(=C2C=CC(=O)C=C2)c2ccc(OC)cc2)cc1. The standard InChI is InChI=1S/C37H30O4/c1-25-5-23-35(27-11-19-32(40-3)20-12-27)37(34(25)24-8-26-6-17-31(39-2)18-7-26)36(28-9-15-30(38)16-10-28)29-13-21-33(41-4)22-14-29/h5-7,9-23H,1-4H3. The number of carbonyl (C=O) groups excluding carboxylic acids is 1. The molecule has 0 heterocycles. The van der Waals surface area contributed by atoms with Crippen molar-refractivity contribution in [2.24, 2.45) is 0 Å². The van der Waals surface area contributed by atoms with Crippen molar-refractivity contribution >= 4 is 11.4 Å². The lowest BCUT2D eigenvalue weighted by atomic mass is 9.82. The molecular weight excluding hydrogens is 508 g/mol. The average molecular weight is 539 g/mol. The molecule has 41 heavy (non-hydrogen) atoms. The van der Waals surface area contributed by atoms with Gasteiger partial charge in [0.1, 0.15) is 17.2 Å². The van der Waals surface area contributed by atoms with Gasteiger partial charge in [0.05, 0.1) is 21.3 Å². The Bertz CT molecular complexity index is 1710. The van der Waals surface area contributed by atoms with Crippen molar-refractivity contribution in [2.75, 3.05) is 21.3 Å². The number of allylic oxidation sites excluding steroid dienone is 5. The molecule has 0 radical (unpaired) electrons. The highest BCUT2D eigenvalue weighted by atomic mass is 16.5. The third kappa shape index (κ3) is 6.00. The number of ether oxygens (including phenoxy) is 3. The summed E-state index contributed by atoms with van der Waals surface area (Å²) in [5.74, 6) is 9.16. The Labute approximate surface area is 241 Å². The van der Waals surface area contributed by atoms with Gasteiger partial charge < -0.3 is 14.2 Å². The zero-order chi connectivity index (χ0) is 28.8. The maximum atomic E-state index is 12.1. The van der Waals surface area contributed by atoms with E-state index >= 15 is 0 Å². The van der Waals surface area contributed by atoms with Gasteiger partial charge in [-0.3, -0.25) is 4.79 Å². The summed E-state index contributed by atoms with van der Waals surface area (Å²) in [7, 11) is 4.97. The van der Waals surface area contributed by atoms with E-state index in [0.717, 1.165) is 67.3 Å². The lowest BCUT2D eigenvalue weighted by Gasteiger charge is -2.21. The van der Waals surface area contributed by atoms with Crippen molar-refractivity contribution in [1.82, 2.24) is 0 Å². The summed E-state index contributed by atoms with van der Waals surface area (Å²) < 4.78 is 16.2. The predicted octanol–water partition coefficient (Wildman–Crippen LogP) is 7.58. The van der Waals surface area contributed by atoms with Crippen LogP contribution in [0.15, 0.2) is 115 Å². The number of methoxy groups -OCH3 is 3. The van der Waals surface area contributed by atoms with Crippen LogP contribution in [-0.4, -0.2) is 27.1 Å². The second kappa shape index (κ2) is 12.3. The van der Waals surface area contributed by atoms with Crippen LogP contribution in [-0.2, 0) is 4.79 Å². The molecule has 0 N–H and O–H groups in total. The van der Waals surface area contributed by atoms with Gasteiger partial charge in [0.15, 0.2) is 5.78 Å². The summed E-state index contributed by atoms with van der Waals surface area (Å²) >= 11 is 0. The van der Waals surface area contributed by atoms with Crippen LogP contribution in [0.25, 0.3) is 16.7 Å². The molecule has 0 aliphatic heterocycles. The molecule has 0 fully saturated rings. The highest BCUT2D eigenvalue weighted by molar-refractivity contribution is 6.04. The van der Waals surface area contributed by atoms with Crippen LogP contribution in [0, 0.1) is 18.8 Å². The number of hydrogen-bond acceptors (Lipinski definition) is 4. The van der Waals surface area contributed by atoms with E-state index in [0.29, 0.717) is 0 Å². The lowest BCUT2D eigenvalue weighted by molar-refractivity contribution is -0.110. The van der Waals surface area contributed by atoms with Crippen molar-refractivity contribution < 1.29 is 19.0 Å². The molecule has 0 aromatic heterocycles. The fourth-order valence-corrected chi connectivity index (χ4v) is 4.78. The quantitative estimate of drug-likeness (QED) is 0.237. The van der Waals surface area contributed by atoms with E-state index in [1.807, 2.05) is 72.8 Å². The topological polar surface area (TPSA) is 44.8 Å². The smallest absolute Gasteiger partial charge is 0.178 e. The first kappa shape index (κ1) is 27.3. The molecule has 202 valence electrons. The first-order chi connectivity index (χ1) is 20.0. The molecule has 5 rings (SSSR count). The van der Waals surface area contributed by atoms with Gasteiger partial charge in [0.25, 0.3) is 0 Å². The molecule has 1 aliphatic rings. The first-order valence-electron chi connectivity index (χ1n) is 13.2. The van der Waals surface area contributed by atoms with Crippen LogP contribution in [0.2, 0.25) is 0 Å². The van der Waals surface area contributed by atoms with E-state index in [4.69, 9.17) is 14.2 Å². The Hall–Kier alpha value is -5.27. The van der Waals surface area contributed by atoms with Crippen LogP contribution in [0.3, 0.4) is 0 Å². The first-order valence-corrected chi connectivity index (χ1v) is 13.2. The molecule has 0 bridgehead atoms. The largest absolute Gasteiger partial charge is 0.497 e. The van der Waals surface area contributed by atoms with Gasteiger partial charge in [-0.2, -0.15) is 0 Å². The van der Waals surface area contributed by atoms with Crippen molar-refractivity contribution in [3.05, 3.63) is 143 Å². The Kier molecular flexibility index (Phi) is 8.18. The van der Waals surface area contributed by atoms with Gasteiger partial charge in [0, 0.05) is 16.7 Å². The van der Waals surface area contributed by atoms with Gasteiger partial charge in [0.2, 0.25) is 0 Å². The molecule has 0 amide bonds. The maximum absolute atomic E-state index is 12.1. The highest BCUT2D eigenvalue weighted by Crippen LogP contribution is 2.40. The number of ketones is 1. The Balaban J connectivity index is 1.82. The molecular formula is C37H30O4. The number of rotatable bonds is 6. The van der Waals surface area contributed by atoms with E-state index in [9.17, 15) is 4.79 Å². The minimum atomic E-state index is -0.0398. The van der Waals surface area contributed by atoms with E-state index in [-0.39, 0.29) is 5.78 Å². The third-order valence-electron chi connectivity index (χ3n) is 7.01. The summed E-state index contributed by atoms with van der Waals surface area (Å²) in [6.45, 7) is 2.08. The van der Waals surface area contributed by atoms with Gasteiger partial charge in [-0.1, -0.05) is 60.4 Å². The average Bonchev–Trinajstić information content (AvgIpc) is 3.02. The Morgan fingerprint density at radius 2 is 1.15 bits per heavy atom. The second-order valence-electron chi connectivity index (χ2n) is 9.51. The predicted molar refractivity (Wildman–Crippen MR) is 164 cm³/mol. The number of carbonyl (C=O) groups is 1. The number of hydrogen-bond donors (Lipinski definition) is 0. The van der Waals surface area contributed by atoms with Crippen molar-refractivity contribution in [3.8, 4) is 40.2 Å². The zero-order valence-corrected chi connectivity index (χ0v) is 23.5. The number of benzene rings is 4. The molecule has 0 saturated carbocycles. The fourth-order valence-electron chi connectivity index (χ4n) is 4.78. The molecule has 1 aliphatic carbocycles. The minimum Gasteiger partial charge on any atom is -0.497 e. The molecule has 0 unspecified atom stereocenters. The summed E-state index contributed by atoms with van der Waals surface area (Å²) in [4.78, 5) is 12.1. The molecule has 0 saturated heterocycles. The van der Waals surface area contributed by atoms with Crippen LogP contribution in [0.1, 0.15) is 27.8 Å². The van der Waals surface area contributed by atoms with Gasteiger partial charge in [-0.15, -0.1) is 0 Å². The summed E-state index contributed by atoms with van der Waals surface area (Å²) in [5.41, 5.74) is 8.75. The molecule has 4 aromatic rings. The molecule has 0 atom stereocenters.